The lowest BCUT2D eigenvalue weighted by molar-refractivity contribution is 0.0958. The van der Waals surface area contributed by atoms with Crippen LogP contribution in [0.25, 0.3) is 0 Å². The minimum Gasteiger partial charge on any atom is -0.351 e. The third kappa shape index (κ3) is 3.96. The van der Waals surface area contributed by atoms with E-state index < -0.39 is 15.1 Å². The smallest absolute Gasteiger partial charge is 0.261 e. The third-order valence-electron chi connectivity index (χ3n) is 3.32. The topological polar surface area (TPSA) is 63.2 Å². The monoisotopic (exact) mass is 337 g/mol. The molecule has 0 fully saturated rings. The van der Waals surface area contributed by atoms with E-state index in [0.29, 0.717) is 22.7 Å². The Bertz CT molecular complexity index is 717. The molecule has 1 aromatic carbocycles. The number of rotatable bonds is 6. The van der Waals surface area contributed by atoms with Gasteiger partial charge in [-0.15, -0.1) is 11.3 Å². The summed E-state index contributed by atoms with van der Waals surface area (Å²) >= 11 is 1.41. The highest BCUT2D eigenvalue weighted by molar-refractivity contribution is 7.92. The maximum absolute atomic E-state index is 12.0. The zero-order valence-electron chi connectivity index (χ0n) is 12.6. The number of amides is 1. The summed E-state index contributed by atoms with van der Waals surface area (Å²) in [4.78, 5) is 12.8. The summed E-state index contributed by atoms with van der Waals surface area (Å²) < 4.78 is 24.0. The molecule has 0 aliphatic heterocycles. The summed E-state index contributed by atoms with van der Waals surface area (Å²) in [6.07, 6.45) is 0.666. The lowest BCUT2D eigenvalue weighted by atomic mass is 10.1. The van der Waals surface area contributed by atoms with Gasteiger partial charge in [-0.2, -0.15) is 0 Å². The van der Waals surface area contributed by atoms with Crippen molar-refractivity contribution in [3.05, 3.63) is 52.2 Å². The molecule has 1 aromatic heterocycles. The Morgan fingerprint density at radius 2 is 1.86 bits per heavy atom. The highest BCUT2D eigenvalue weighted by Crippen LogP contribution is 2.16. The molecule has 4 nitrogen and oxygen atoms in total. The van der Waals surface area contributed by atoms with Crippen LogP contribution in [0.2, 0.25) is 0 Å². The fourth-order valence-electron chi connectivity index (χ4n) is 1.93. The van der Waals surface area contributed by atoms with Crippen molar-refractivity contribution in [2.75, 3.05) is 6.54 Å². The number of thiophene rings is 1. The zero-order chi connectivity index (χ0) is 16.2. The van der Waals surface area contributed by atoms with E-state index in [1.165, 1.54) is 11.3 Å². The second-order valence-electron chi connectivity index (χ2n) is 5.22. The number of benzene rings is 1. The van der Waals surface area contributed by atoms with Crippen LogP contribution in [-0.2, 0) is 16.3 Å². The molecular formula is C16H19NO3S2. The van der Waals surface area contributed by atoms with Gasteiger partial charge in [0.2, 0.25) is 0 Å². The van der Waals surface area contributed by atoms with Crippen LogP contribution in [0.15, 0.2) is 46.7 Å². The van der Waals surface area contributed by atoms with Crippen LogP contribution in [-0.4, -0.2) is 26.1 Å². The summed E-state index contributed by atoms with van der Waals surface area (Å²) in [5, 5.41) is 4.29. The highest BCUT2D eigenvalue weighted by atomic mass is 32.2. The van der Waals surface area contributed by atoms with Crippen molar-refractivity contribution in [3.63, 3.8) is 0 Å². The lowest BCUT2D eigenvalue weighted by Crippen LogP contribution is -2.24. The van der Waals surface area contributed by atoms with E-state index in [1.54, 1.807) is 44.2 Å². The van der Waals surface area contributed by atoms with E-state index in [9.17, 15) is 13.2 Å². The van der Waals surface area contributed by atoms with E-state index in [-0.39, 0.29) is 5.91 Å². The van der Waals surface area contributed by atoms with E-state index >= 15 is 0 Å². The Labute approximate surface area is 135 Å². The predicted octanol–water partition coefficient (Wildman–Crippen LogP) is 2.90. The van der Waals surface area contributed by atoms with E-state index in [4.69, 9.17) is 0 Å². The van der Waals surface area contributed by atoms with E-state index in [0.717, 1.165) is 5.56 Å². The van der Waals surface area contributed by atoms with Crippen molar-refractivity contribution in [1.82, 2.24) is 5.32 Å². The molecule has 1 N–H and O–H groups in total. The van der Waals surface area contributed by atoms with Crippen molar-refractivity contribution in [1.29, 1.82) is 0 Å². The van der Waals surface area contributed by atoms with Crippen LogP contribution < -0.4 is 5.32 Å². The Balaban J connectivity index is 1.91. The average molecular weight is 337 g/mol. The highest BCUT2D eigenvalue weighted by Gasteiger charge is 2.18. The number of hydrogen-bond acceptors (Lipinski definition) is 4. The number of carbonyl (C=O) groups excluding carboxylic acids is 1. The molecule has 0 unspecified atom stereocenters. The van der Waals surface area contributed by atoms with Gasteiger partial charge in [-0.3, -0.25) is 4.79 Å². The summed E-state index contributed by atoms with van der Waals surface area (Å²) in [5.41, 5.74) is 0.995. The molecule has 0 atom stereocenters. The molecule has 1 heterocycles. The summed E-state index contributed by atoms with van der Waals surface area (Å²) in [7, 11) is -3.23. The average Bonchev–Trinajstić information content (AvgIpc) is 3.02. The predicted molar refractivity (Wildman–Crippen MR) is 89.1 cm³/mol. The summed E-state index contributed by atoms with van der Waals surface area (Å²) in [5.74, 6) is -0.0750. The molecule has 0 aliphatic rings. The van der Waals surface area contributed by atoms with Gasteiger partial charge in [-0.1, -0.05) is 18.2 Å². The van der Waals surface area contributed by atoms with Crippen molar-refractivity contribution >= 4 is 27.1 Å². The van der Waals surface area contributed by atoms with Gasteiger partial charge < -0.3 is 5.32 Å². The molecule has 0 bridgehead atoms. The largest absolute Gasteiger partial charge is 0.351 e. The van der Waals surface area contributed by atoms with Gasteiger partial charge in [0.15, 0.2) is 9.84 Å². The summed E-state index contributed by atoms with van der Waals surface area (Å²) in [6, 6.07) is 10.5. The second-order valence-corrected chi connectivity index (χ2v) is 8.67. The quantitative estimate of drug-likeness (QED) is 0.881. The van der Waals surface area contributed by atoms with E-state index in [2.05, 4.69) is 5.32 Å². The Morgan fingerprint density at radius 1 is 1.18 bits per heavy atom. The normalized spacial score (nSPS) is 11.6. The molecule has 0 aliphatic carbocycles. The first kappa shape index (κ1) is 16.7. The third-order valence-corrected chi connectivity index (χ3v) is 6.36. The van der Waals surface area contributed by atoms with Crippen molar-refractivity contribution in [3.8, 4) is 0 Å². The number of nitrogens with one attached hydrogen (secondary N) is 1. The molecule has 2 aromatic rings. The molecule has 118 valence electrons. The Hall–Kier alpha value is -1.66. The number of hydrogen-bond donors (Lipinski definition) is 1. The molecule has 0 spiro atoms. The molecule has 0 saturated heterocycles. The van der Waals surface area contributed by atoms with Gasteiger partial charge in [0.05, 0.1) is 15.0 Å². The molecule has 6 heteroatoms. The van der Waals surface area contributed by atoms with Gasteiger partial charge in [0, 0.05) is 6.54 Å². The number of carbonyl (C=O) groups is 1. The summed E-state index contributed by atoms with van der Waals surface area (Å²) in [6.45, 7) is 3.86. The first-order chi connectivity index (χ1) is 10.4. The first-order valence-corrected chi connectivity index (χ1v) is 9.48. The van der Waals surface area contributed by atoms with Crippen LogP contribution in [0.1, 0.15) is 29.1 Å². The van der Waals surface area contributed by atoms with Crippen LogP contribution in [0, 0.1) is 0 Å². The van der Waals surface area contributed by atoms with Gasteiger partial charge in [0.1, 0.15) is 0 Å². The maximum Gasteiger partial charge on any atom is 0.261 e. The lowest BCUT2D eigenvalue weighted by Gasteiger charge is -2.09. The molecule has 0 saturated carbocycles. The fraction of sp³-hybridized carbons (Fsp3) is 0.312. The standard InChI is InChI=1S/C16H19NO3S2/c1-12(2)22(19,20)14-7-5-13(6-8-14)9-10-17-16(18)15-4-3-11-21-15/h3-8,11-12H,9-10H2,1-2H3,(H,17,18). The van der Waals surface area contributed by atoms with Crippen molar-refractivity contribution in [2.24, 2.45) is 0 Å². The van der Waals surface area contributed by atoms with Crippen molar-refractivity contribution < 1.29 is 13.2 Å². The zero-order valence-corrected chi connectivity index (χ0v) is 14.2. The van der Waals surface area contributed by atoms with Crippen molar-refractivity contribution in [2.45, 2.75) is 30.4 Å². The first-order valence-electron chi connectivity index (χ1n) is 7.06. The van der Waals surface area contributed by atoms with Gasteiger partial charge >= 0.3 is 0 Å². The van der Waals surface area contributed by atoms with Gasteiger partial charge in [0.25, 0.3) is 5.91 Å². The van der Waals surface area contributed by atoms with E-state index in [1.807, 2.05) is 11.4 Å². The maximum atomic E-state index is 12.0. The van der Waals surface area contributed by atoms with Gasteiger partial charge in [-0.25, -0.2) is 8.42 Å². The molecule has 22 heavy (non-hydrogen) atoms. The van der Waals surface area contributed by atoms with Crippen LogP contribution >= 0.6 is 11.3 Å². The molecule has 2 rings (SSSR count). The second kappa shape index (κ2) is 7.07. The molecule has 0 radical (unpaired) electrons. The van der Waals surface area contributed by atoms with Crippen LogP contribution in [0.4, 0.5) is 0 Å². The Morgan fingerprint density at radius 3 is 2.41 bits per heavy atom. The SMILES string of the molecule is CC(C)S(=O)(=O)c1ccc(CCNC(=O)c2cccs2)cc1. The number of sulfone groups is 1. The minimum atomic E-state index is -3.23. The van der Waals surface area contributed by atoms with Crippen LogP contribution in [0.5, 0.6) is 0 Å². The molecular weight excluding hydrogens is 318 g/mol. The Kier molecular flexibility index (Phi) is 5.37. The van der Waals surface area contributed by atoms with Crippen LogP contribution in [0.3, 0.4) is 0 Å². The minimum absolute atomic E-state index is 0.0750. The molecule has 1 amide bonds. The fourth-order valence-corrected chi connectivity index (χ4v) is 3.63. The van der Waals surface area contributed by atoms with Gasteiger partial charge in [-0.05, 0) is 49.4 Å².